The first-order valence-electron chi connectivity index (χ1n) is 6.39. The third-order valence-corrected chi connectivity index (χ3v) is 7.19. The number of nitrogen functional groups attached to an aromatic ring is 1. The smallest absolute Gasteiger partial charge is 0.242 e. The minimum atomic E-state index is -3.82. The normalized spacial score (nSPS) is 19.5. The molecule has 9 heteroatoms. The van der Waals surface area contributed by atoms with Gasteiger partial charge in [0.15, 0.2) is 0 Å². The van der Waals surface area contributed by atoms with Crippen LogP contribution >= 0.6 is 11.6 Å². The van der Waals surface area contributed by atoms with Crippen LogP contribution in [0.1, 0.15) is 18.4 Å². The van der Waals surface area contributed by atoms with E-state index >= 15 is 0 Å². The molecule has 1 fully saturated rings. The SMILES string of the molecule is Cc1cc(Cl)c(S(=O)(=O)NC2CCS(=O)(=O)CC2)cc1N. The van der Waals surface area contributed by atoms with Gasteiger partial charge in [-0.3, -0.25) is 0 Å². The fourth-order valence-electron chi connectivity index (χ4n) is 2.17. The molecule has 1 aromatic carbocycles. The Bertz CT molecular complexity index is 746. The average Bonchev–Trinajstić information content (AvgIpc) is 2.36. The molecule has 6 nitrogen and oxygen atoms in total. The summed E-state index contributed by atoms with van der Waals surface area (Å²) >= 11 is 5.98. The predicted octanol–water partition coefficient (Wildman–Crippen LogP) is 1.09. The molecule has 0 saturated carbocycles. The zero-order valence-corrected chi connectivity index (χ0v) is 13.9. The number of sulfone groups is 1. The van der Waals surface area contributed by atoms with Crippen molar-refractivity contribution in [3.8, 4) is 0 Å². The van der Waals surface area contributed by atoms with Gasteiger partial charge < -0.3 is 5.73 Å². The molecule has 0 aliphatic carbocycles. The van der Waals surface area contributed by atoms with Crippen molar-refractivity contribution in [3.05, 3.63) is 22.7 Å². The van der Waals surface area contributed by atoms with Gasteiger partial charge in [-0.05, 0) is 37.5 Å². The largest absolute Gasteiger partial charge is 0.398 e. The molecule has 0 unspecified atom stereocenters. The molecule has 0 bridgehead atoms. The molecule has 21 heavy (non-hydrogen) atoms. The van der Waals surface area contributed by atoms with Crippen LogP contribution in [-0.2, 0) is 19.9 Å². The number of hydrogen-bond acceptors (Lipinski definition) is 5. The van der Waals surface area contributed by atoms with Crippen molar-refractivity contribution in [1.29, 1.82) is 0 Å². The summed E-state index contributed by atoms with van der Waals surface area (Å²) in [6.07, 6.45) is 0.529. The Labute approximate surface area is 129 Å². The minimum Gasteiger partial charge on any atom is -0.398 e. The van der Waals surface area contributed by atoms with Crippen LogP contribution in [0.3, 0.4) is 0 Å². The summed E-state index contributed by atoms with van der Waals surface area (Å²) in [5, 5.41) is 0.0950. The van der Waals surface area contributed by atoms with Gasteiger partial charge in [-0.25, -0.2) is 21.6 Å². The van der Waals surface area contributed by atoms with Gasteiger partial charge in [0, 0.05) is 11.7 Å². The van der Waals surface area contributed by atoms with E-state index in [1.807, 2.05) is 0 Å². The van der Waals surface area contributed by atoms with Crippen LogP contribution < -0.4 is 10.5 Å². The minimum absolute atomic E-state index is 0.00996. The number of nitrogens with two attached hydrogens (primary N) is 1. The lowest BCUT2D eigenvalue weighted by atomic mass is 10.2. The van der Waals surface area contributed by atoms with Gasteiger partial charge in [-0.1, -0.05) is 11.6 Å². The summed E-state index contributed by atoms with van der Waals surface area (Å²) in [6.45, 7) is 1.73. The van der Waals surface area contributed by atoms with Crippen LogP contribution in [0.5, 0.6) is 0 Å². The van der Waals surface area contributed by atoms with Crippen LogP contribution in [0.15, 0.2) is 17.0 Å². The molecular formula is C12H17ClN2O4S2. The highest BCUT2D eigenvalue weighted by atomic mass is 35.5. The summed E-state index contributed by atoms with van der Waals surface area (Å²) < 4.78 is 49.9. The van der Waals surface area contributed by atoms with E-state index < -0.39 is 25.9 Å². The number of nitrogens with one attached hydrogen (secondary N) is 1. The second kappa shape index (κ2) is 5.75. The second-order valence-electron chi connectivity index (χ2n) is 5.19. The van der Waals surface area contributed by atoms with E-state index in [2.05, 4.69) is 4.72 Å². The molecule has 0 amide bonds. The Balaban J connectivity index is 2.22. The Morgan fingerprint density at radius 1 is 1.29 bits per heavy atom. The number of sulfonamides is 1. The van der Waals surface area contributed by atoms with Crippen LogP contribution in [0.2, 0.25) is 5.02 Å². The van der Waals surface area contributed by atoms with Crippen LogP contribution in [0.4, 0.5) is 5.69 Å². The molecule has 2 rings (SSSR count). The quantitative estimate of drug-likeness (QED) is 0.792. The molecule has 1 aliphatic rings. The van der Waals surface area contributed by atoms with Crippen molar-refractivity contribution in [1.82, 2.24) is 4.72 Å². The number of aryl methyl sites for hydroxylation is 1. The topological polar surface area (TPSA) is 106 Å². The molecule has 0 aromatic heterocycles. The van der Waals surface area contributed by atoms with Crippen molar-refractivity contribution in [2.75, 3.05) is 17.2 Å². The standard InChI is InChI=1S/C12H17ClN2O4S2/c1-8-6-10(13)12(7-11(8)14)21(18,19)15-9-2-4-20(16,17)5-3-9/h6-7,9,15H,2-5,14H2,1H3. The molecule has 1 saturated heterocycles. The highest BCUT2D eigenvalue weighted by Gasteiger charge is 2.28. The lowest BCUT2D eigenvalue weighted by molar-refractivity contribution is 0.505. The van der Waals surface area contributed by atoms with Gasteiger partial charge in [0.2, 0.25) is 10.0 Å². The van der Waals surface area contributed by atoms with E-state index in [0.717, 1.165) is 0 Å². The number of rotatable bonds is 3. The Morgan fingerprint density at radius 2 is 1.86 bits per heavy atom. The monoisotopic (exact) mass is 352 g/mol. The molecule has 0 spiro atoms. The van der Waals surface area contributed by atoms with Crippen LogP contribution in [0, 0.1) is 6.92 Å². The van der Waals surface area contributed by atoms with Gasteiger partial charge >= 0.3 is 0 Å². The average molecular weight is 353 g/mol. The zero-order chi connectivity index (χ0) is 15.8. The number of halogens is 1. The van der Waals surface area contributed by atoms with Crippen molar-refractivity contribution < 1.29 is 16.8 Å². The highest BCUT2D eigenvalue weighted by Crippen LogP contribution is 2.27. The Kier molecular flexibility index (Phi) is 4.53. The first kappa shape index (κ1) is 16.5. The van der Waals surface area contributed by atoms with E-state index in [1.54, 1.807) is 6.92 Å². The first-order valence-corrected chi connectivity index (χ1v) is 10.1. The molecule has 118 valence electrons. The van der Waals surface area contributed by atoms with Crippen LogP contribution in [-0.4, -0.2) is 34.4 Å². The maximum atomic E-state index is 12.3. The van der Waals surface area contributed by atoms with Crippen molar-refractivity contribution >= 4 is 37.1 Å². The van der Waals surface area contributed by atoms with Gasteiger partial charge in [-0.15, -0.1) is 0 Å². The maximum absolute atomic E-state index is 12.3. The van der Waals surface area contributed by atoms with Crippen LogP contribution in [0.25, 0.3) is 0 Å². The first-order chi connectivity index (χ1) is 9.61. The van der Waals surface area contributed by atoms with E-state index in [0.29, 0.717) is 11.3 Å². The van der Waals surface area contributed by atoms with Crippen molar-refractivity contribution in [3.63, 3.8) is 0 Å². The van der Waals surface area contributed by atoms with Gasteiger partial charge in [-0.2, -0.15) is 0 Å². The van der Waals surface area contributed by atoms with Gasteiger partial charge in [0.1, 0.15) is 14.7 Å². The molecule has 1 heterocycles. The summed E-state index contributed by atoms with van der Waals surface area (Å²) in [4.78, 5) is -0.0827. The van der Waals surface area contributed by atoms with Crippen molar-refractivity contribution in [2.45, 2.75) is 30.7 Å². The third-order valence-electron chi connectivity index (χ3n) is 3.49. The predicted molar refractivity (Wildman–Crippen MR) is 82.6 cm³/mol. The van der Waals surface area contributed by atoms with E-state index in [-0.39, 0.29) is 34.3 Å². The lowest BCUT2D eigenvalue weighted by Gasteiger charge is -2.23. The number of benzene rings is 1. The molecule has 1 aromatic rings. The molecule has 0 radical (unpaired) electrons. The highest BCUT2D eigenvalue weighted by molar-refractivity contribution is 7.91. The van der Waals surface area contributed by atoms with E-state index in [1.165, 1.54) is 12.1 Å². The van der Waals surface area contributed by atoms with E-state index in [4.69, 9.17) is 17.3 Å². The third kappa shape index (κ3) is 3.88. The zero-order valence-electron chi connectivity index (χ0n) is 11.5. The van der Waals surface area contributed by atoms with Gasteiger partial charge in [0.05, 0.1) is 16.5 Å². The Hall–Kier alpha value is -0.830. The molecule has 0 atom stereocenters. The summed E-state index contributed by atoms with van der Waals surface area (Å²) in [5.41, 5.74) is 6.76. The van der Waals surface area contributed by atoms with E-state index in [9.17, 15) is 16.8 Å². The summed E-state index contributed by atoms with van der Waals surface area (Å²) in [5.74, 6) is -0.0199. The molecule has 3 N–H and O–H groups in total. The Morgan fingerprint density at radius 3 is 2.43 bits per heavy atom. The molecular weight excluding hydrogens is 336 g/mol. The lowest BCUT2D eigenvalue weighted by Crippen LogP contribution is -2.40. The summed E-state index contributed by atoms with van der Waals surface area (Å²) in [7, 11) is -6.86. The second-order valence-corrected chi connectivity index (χ2v) is 9.58. The van der Waals surface area contributed by atoms with Gasteiger partial charge in [0.25, 0.3) is 0 Å². The fourth-order valence-corrected chi connectivity index (χ4v) is 5.58. The molecule has 1 aliphatic heterocycles. The van der Waals surface area contributed by atoms with Crippen molar-refractivity contribution in [2.24, 2.45) is 0 Å². The maximum Gasteiger partial charge on any atom is 0.242 e. The number of anilines is 1. The fraction of sp³-hybridized carbons (Fsp3) is 0.500. The summed E-state index contributed by atoms with van der Waals surface area (Å²) in [6, 6.07) is 2.41. The number of hydrogen-bond donors (Lipinski definition) is 2.